The van der Waals surface area contributed by atoms with E-state index < -0.39 is 5.91 Å². The Hall–Kier alpha value is -4.14. The van der Waals surface area contributed by atoms with Crippen molar-refractivity contribution in [3.8, 4) is 11.5 Å². The van der Waals surface area contributed by atoms with E-state index >= 15 is 0 Å². The molecule has 0 spiro atoms. The zero-order chi connectivity index (χ0) is 22.5. The van der Waals surface area contributed by atoms with Crippen molar-refractivity contribution in [2.45, 2.75) is 12.8 Å². The highest BCUT2D eigenvalue weighted by molar-refractivity contribution is 6.04. The predicted octanol–water partition coefficient (Wildman–Crippen LogP) is 3.58. The van der Waals surface area contributed by atoms with Crippen molar-refractivity contribution in [3.05, 3.63) is 71.6 Å². The van der Waals surface area contributed by atoms with E-state index in [-0.39, 0.29) is 11.7 Å². The van der Waals surface area contributed by atoms with Crippen molar-refractivity contribution in [2.75, 3.05) is 26.1 Å². The van der Waals surface area contributed by atoms with Gasteiger partial charge in [-0.25, -0.2) is 5.01 Å². The zero-order valence-electron chi connectivity index (χ0n) is 17.7. The molecule has 2 heterocycles. The van der Waals surface area contributed by atoms with Crippen LogP contribution in [0.15, 0.2) is 64.4 Å². The molecule has 2 amide bonds. The summed E-state index contributed by atoms with van der Waals surface area (Å²) >= 11 is 0. The van der Waals surface area contributed by atoms with Gasteiger partial charge in [-0.1, -0.05) is 5.16 Å². The topological polar surface area (TPSA) is 106 Å². The van der Waals surface area contributed by atoms with Gasteiger partial charge < -0.3 is 19.3 Å². The van der Waals surface area contributed by atoms with Gasteiger partial charge in [0, 0.05) is 29.4 Å². The van der Waals surface area contributed by atoms with Crippen LogP contribution in [0.4, 0.5) is 5.69 Å². The number of anilines is 1. The third kappa shape index (κ3) is 4.46. The highest BCUT2D eigenvalue weighted by Gasteiger charge is 2.21. The summed E-state index contributed by atoms with van der Waals surface area (Å²) in [5.74, 6) is 0.725. The maximum absolute atomic E-state index is 13.0. The molecule has 0 bridgehead atoms. The average molecular weight is 434 g/mol. The number of ether oxygens (including phenoxy) is 2. The fourth-order valence-corrected chi connectivity index (χ4v) is 3.38. The number of hydrazone groups is 1. The number of carbonyl (C=O) groups excluding carboxylic acids is 2. The lowest BCUT2D eigenvalue weighted by Crippen LogP contribution is -2.32. The molecule has 1 aromatic heterocycles. The number of nitrogens with zero attached hydrogens (tertiary/aromatic N) is 3. The Balaban J connectivity index is 1.48. The highest BCUT2D eigenvalue weighted by Crippen LogP contribution is 2.29. The Kier molecular flexibility index (Phi) is 6.16. The molecule has 164 valence electrons. The number of benzene rings is 2. The van der Waals surface area contributed by atoms with Gasteiger partial charge in [0.15, 0.2) is 11.5 Å². The monoisotopic (exact) mass is 434 g/mol. The van der Waals surface area contributed by atoms with Crippen LogP contribution < -0.4 is 14.8 Å². The van der Waals surface area contributed by atoms with E-state index in [2.05, 4.69) is 15.6 Å². The van der Waals surface area contributed by atoms with Gasteiger partial charge in [0.2, 0.25) is 5.76 Å². The molecular weight excluding hydrogens is 412 g/mol. The van der Waals surface area contributed by atoms with Gasteiger partial charge in [-0.05, 0) is 55.3 Å². The molecule has 0 atom stereocenters. The number of rotatable bonds is 6. The summed E-state index contributed by atoms with van der Waals surface area (Å²) in [5, 5.41) is 12.2. The molecule has 0 saturated carbocycles. The largest absolute Gasteiger partial charge is 0.493 e. The van der Waals surface area contributed by atoms with Crippen molar-refractivity contribution in [3.63, 3.8) is 0 Å². The molecule has 0 saturated heterocycles. The molecule has 0 unspecified atom stereocenters. The summed E-state index contributed by atoms with van der Waals surface area (Å²) in [6.07, 6.45) is 2.95. The van der Waals surface area contributed by atoms with Crippen LogP contribution in [0.2, 0.25) is 0 Å². The molecule has 0 aliphatic carbocycles. The first-order chi connectivity index (χ1) is 15.6. The van der Waals surface area contributed by atoms with Crippen LogP contribution in [0, 0.1) is 0 Å². The third-order valence-corrected chi connectivity index (χ3v) is 5.03. The zero-order valence-corrected chi connectivity index (χ0v) is 17.7. The minimum atomic E-state index is -0.415. The van der Waals surface area contributed by atoms with Gasteiger partial charge in [-0.15, -0.1) is 0 Å². The molecule has 0 radical (unpaired) electrons. The Morgan fingerprint density at radius 3 is 2.50 bits per heavy atom. The van der Waals surface area contributed by atoms with Crippen molar-refractivity contribution in [2.24, 2.45) is 5.10 Å². The van der Waals surface area contributed by atoms with E-state index in [1.807, 2.05) is 18.2 Å². The minimum Gasteiger partial charge on any atom is -0.493 e. The molecule has 1 aliphatic heterocycles. The molecule has 0 fully saturated rings. The number of hydrogen-bond acceptors (Lipinski definition) is 7. The van der Waals surface area contributed by atoms with Crippen molar-refractivity contribution >= 4 is 23.2 Å². The lowest BCUT2D eigenvalue weighted by Gasteiger charge is -2.24. The molecular formula is C23H22N4O5. The van der Waals surface area contributed by atoms with Crippen molar-refractivity contribution < 1.29 is 23.6 Å². The highest BCUT2D eigenvalue weighted by atomic mass is 16.5. The summed E-state index contributed by atoms with van der Waals surface area (Å²) in [4.78, 5) is 25.0. The quantitative estimate of drug-likeness (QED) is 0.636. The van der Waals surface area contributed by atoms with Gasteiger partial charge in [0.1, 0.15) is 0 Å². The van der Waals surface area contributed by atoms with Gasteiger partial charge in [0.05, 0.1) is 26.1 Å². The summed E-state index contributed by atoms with van der Waals surface area (Å²) in [5.41, 5.74) is 2.70. The molecule has 1 aliphatic rings. The summed E-state index contributed by atoms with van der Waals surface area (Å²) in [7, 11) is 3.17. The maximum atomic E-state index is 13.0. The third-order valence-electron chi connectivity index (χ3n) is 5.03. The molecule has 9 heteroatoms. The first-order valence-corrected chi connectivity index (χ1v) is 10.0. The van der Waals surface area contributed by atoms with Crippen LogP contribution in [-0.2, 0) is 0 Å². The number of hydrogen-bond donors (Lipinski definition) is 1. The fourth-order valence-electron chi connectivity index (χ4n) is 3.38. The van der Waals surface area contributed by atoms with E-state index in [1.54, 1.807) is 38.5 Å². The first-order valence-electron chi connectivity index (χ1n) is 10.0. The van der Waals surface area contributed by atoms with E-state index in [9.17, 15) is 9.59 Å². The van der Waals surface area contributed by atoms with Crippen LogP contribution in [-0.4, -0.2) is 48.5 Å². The Bertz CT molecular complexity index is 1140. The van der Waals surface area contributed by atoms with Gasteiger partial charge in [-0.3, -0.25) is 9.59 Å². The van der Waals surface area contributed by atoms with E-state index in [0.717, 1.165) is 24.1 Å². The number of methoxy groups -OCH3 is 2. The standard InChI is InChI=1S/C23H22N4O5/c1-30-19-10-7-16(14-21(19)31-2)18-4-3-13-27(26-18)23(29)15-5-8-17(9-6-15)25-22(28)20-11-12-24-32-20/h5-12,14H,3-4,13H2,1-2H3,(H,25,28). The van der Waals surface area contributed by atoms with E-state index in [4.69, 9.17) is 14.0 Å². The Morgan fingerprint density at radius 2 is 1.81 bits per heavy atom. The van der Waals surface area contributed by atoms with Crippen LogP contribution in [0.25, 0.3) is 0 Å². The Morgan fingerprint density at radius 1 is 1.03 bits per heavy atom. The SMILES string of the molecule is COc1ccc(C2=NN(C(=O)c3ccc(NC(=O)c4ccno4)cc3)CCC2)cc1OC. The lowest BCUT2D eigenvalue weighted by molar-refractivity contribution is 0.0751. The summed E-state index contributed by atoms with van der Waals surface area (Å²) in [6.45, 7) is 0.527. The summed E-state index contributed by atoms with van der Waals surface area (Å²) in [6, 6.07) is 13.7. The maximum Gasteiger partial charge on any atom is 0.294 e. The van der Waals surface area contributed by atoms with Gasteiger partial charge in [0.25, 0.3) is 11.8 Å². The second kappa shape index (κ2) is 9.34. The van der Waals surface area contributed by atoms with Crippen LogP contribution in [0.5, 0.6) is 11.5 Å². The van der Waals surface area contributed by atoms with E-state index in [0.29, 0.717) is 29.3 Å². The average Bonchev–Trinajstić information content (AvgIpc) is 3.39. The van der Waals surface area contributed by atoms with Gasteiger partial charge >= 0.3 is 0 Å². The number of amides is 2. The van der Waals surface area contributed by atoms with Crippen LogP contribution in [0.1, 0.15) is 39.3 Å². The van der Waals surface area contributed by atoms with Crippen LogP contribution in [0.3, 0.4) is 0 Å². The van der Waals surface area contributed by atoms with E-state index in [1.165, 1.54) is 17.3 Å². The van der Waals surface area contributed by atoms with Crippen molar-refractivity contribution in [1.82, 2.24) is 10.2 Å². The molecule has 1 N–H and O–H groups in total. The molecule has 4 rings (SSSR count). The first kappa shape index (κ1) is 21.1. The number of nitrogens with one attached hydrogen (secondary N) is 1. The second-order valence-corrected chi connectivity index (χ2v) is 7.06. The number of carbonyl (C=O) groups is 2. The molecule has 9 nitrogen and oxygen atoms in total. The van der Waals surface area contributed by atoms with Gasteiger partial charge in [-0.2, -0.15) is 5.10 Å². The Labute approximate surface area is 184 Å². The molecule has 32 heavy (non-hydrogen) atoms. The predicted molar refractivity (Wildman–Crippen MR) is 117 cm³/mol. The summed E-state index contributed by atoms with van der Waals surface area (Å²) < 4.78 is 15.5. The van der Waals surface area contributed by atoms with Crippen molar-refractivity contribution in [1.29, 1.82) is 0 Å². The number of aromatic nitrogens is 1. The van der Waals surface area contributed by atoms with Crippen LogP contribution >= 0.6 is 0 Å². The lowest BCUT2D eigenvalue weighted by atomic mass is 10.0. The minimum absolute atomic E-state index is 0.107. The smallest absolute Gasteiger partial charge is 0.294 e. The fraction of sp³-hybridized carbons (Fsp3) is 0.217. The second-order valence-electron chi connectivity index (χ2n) is 7.06. The molecule has 2 aromatic carbocycles. The molecule has 3 aromatic rings. The normalized spacial score (nSPS) is 13.3.